The van der Waals surface area contributed by atoms with Crippen LogP contribution in [0.3, 0.4) is 0 Å². The van der Waals surface area contributed by atoms with E-state index in [0.717, 1.165) is 28.0 Å². The van der Waals surface area contributed by atoms with E-state index in [4.69, 9.17) is 4.74 Å². The summed E-state index contributed by atoms with van der Waals surface area (Å²) in [7, 11) is 0. The quantitative estimate of drug-likeness (QED) is 0.649. The SMILES string of the molecule is CC(C)COc1ccc(/C=C2\SC(=O)N(Cc3ccccc3F)C2=O)cc1. The minimum Gasteiger partial charge on any atom is -0.493 e. The van der Waals surface area contributed by atoms with Crippen LogP contribution in [0.1, 0.15) is 25.0 Å². The number of thioether (sulfide) groups is 1. The fraction of sp³-hybridized carbons (Fsp3) is 0.238. The maximum Gasteiger partial charge on any atom is 0.293 e. The lowest BCUT2D eigenvalue weighted by molar-refractivity contribution is -0.123. The Morgan fingerprint density at radius 1 is 1.11 bits per heavy atom. The van der Waals surface area contributed by atoms with E-state index in [2.05, 4.69) is 13.8 Å². The summed E-state index contributed by atoms with van der Waals surface area (Å²) >= 11 is 0.865. The Labute approximate surface area is 162 Å². The highest BCUT2D eigenvalue weighted by Gasteiger charge is 2.35. The van der Waals surface area contributed by atoms with Crippen LogP contribution in [-0.2, 0) is 11.3 Å². The lowest BCUT2D eigenvalue weighted by Gasteiger charge is -2.12. The molecule has 2 aromatic carbocycles. The first-order chi connectivity index (χ1) is 12.9. The molecule has 6 heteroatoms. The molecule has 2 aromatic rings. The van der Waals surface area contributed by atoms with Crippen LogP contribution >= 0.6 is 11.8 Å². The summed E-state index contributed by atoms with van der Waals surface area (Å²) in [5.74, 6) is 0.352. The number of hydrogen-bond donors (Lipinski definition) is 0. The van der Waals surface area contributed by atoms with Crippen molar-refractivity contribution in [2.24, 2.45) is 5.92 Å². The largest absolute Gasteiger partial charge is 0.493 e. The first-order valence-corrected chi connectivity index (χ1v) is 9.47. The van der Waals surface area contributed by atoms with Gasteiger partial charge in [0, 0.05) is 5.56 Å². The monoisotopic (exact) mass is 385 g/mol. The second-order valence-electron chi connectivity index (χ2n) is 6.63. The number of hydrogen-bond acceptors (Lipinski definition) is 4. The third kappa shape index (κ3) is 4.77. The van der Waals surface area contributed by atoms with Gasteiger partial charge < -0.3 is 4.74 Å². The molecular weight excluding hydrogens is 365 g/mol. The Hall–Kier alpha value is -2.60. The Bertz CT molecular complexity index is 877. The molecule has 3 rings (SSSR count). The Kier molecular flexibility index (Phi) is 5.96. The van der Waals surface area contributed by atoms with Crippen LogP contribution < -0.4 is 4.74 Å². The van der Waals surface area contributed by atoms with Crippen molar-refractivity contribution in [2.75, 3.05) is 6.61 Å². The molecule has 1 heterocycles. The second-order valence-corrected chi connectivity index (χ2v) is 7.63. The highest BCUT2D eigenvalue weighted by atomic mass is 32.2. The number of benzene rings is 2. The van der Waals surface area contributed by atoms with E-state index >= 15 is 0 Å². The second kappa shape index (κ2) is 8.39. The van der Waals surface area contributed by atoms with Crippen molar-refractivity contribution in [3.63, 3.8) is 0 Å². The molecule has 0 aromatic heterocycles. The van der Waals surface area contributed by atoms with Gasteiger partial charge in [0.05, 0.1) is 18.1 Å². The number of carbonyl (C=O) groups excluding carboxylic acids is 2. The smallest absolute Gasteiger partial charge is 0.293 e. The van der Waals surface area contributed by atoms with Gasteiger partial charge in [-0.05, 0) is 47.5 Å². The van der Waals surface area contributed by atoms with E-state index in [-0.39, 0.29) is 6.54 Å². The van der Waals surface area contributed by atoms with Crippen molar-refractivity contribution >= 4 is 29.0 Å². The van der Waals surface area contributed by atoms with Crippen molar-refractivity contribution < 1.29 is 18.7 Å². The molecule has 0 saturated carbocycles. The summed E-state index contributed by atoms with van der Waals surface area (Å²) in [5, 5.41) is -0.397. The molecule has 1 fully saturated rings. The lowest BCUT2D eigenvalue weighted by atomic mass is 10.2. The standard InChI is InChI=1S/C21H20FNO3S/c1-14(2)13-26-17-9-7-15(8-10-17)11-19-20(24)23(21(25)27-19)12-16-5-3-4-6-18(16)22/h3-11,14H,12-13H2,1-2H3/b19-11-. The van der Waals surface area contributed by atoms with Gasteiger partial charge in [0.25, 0.3) is 11.1 Å². The molecule has 0 bridgehead atoms. The highest BCUT2D eigenvalue weighted by Crippen LogP contribution is 2.33. The molecule has 2 amide bonds. The fourth-order valence-corrected chi connectivity index (χ4v) is 3.35. The van der Waals surface area contributed by atoms with E-state index < -0.39 is 17.0 Å². The summed E-state index contributed by atoms with van der Waals surface area (Å²) in [6.45, 7) is 4.71. The van der Waals surface area contributed by atoms with Gasteiger partial charge in [-0.2, -0.15) is 0 Å². The first kappa shape index (κ1) is 19.2. The molecule has 0 unspecified atom stereocenters. The van der Waals surface area contributed by atoms with E-state index in [1.165, 1.54) is 6.07 Å². The minimum atomic E-state index is -0.433. The van der Waals surface area contributed by atoms with Gasteiger partial charge in [-0.1, -0.05) is 44.2 Å². The number of carbonyl (C=O) groups is 2. The van der Waals surface area contributed by atoms with Gasteiger partial charge in [-0.15, -0.1) is 0 Å². The number of amides is 2. The number of ether oxygens (including phenoxy) is 1. The first-order valence-electron chi connectivity index (χ1n) is 8.65. The van der Waals surface area contributed by atoms with E-state index in [0.29, 0.717) is 23.0 Å². The molecule has 0 spiro atoms. The van der Waals surface area contributed by atoms with E-state index in [9.17, 15) is 14.0 Å². The van der Waals surface area contributed by atoms with Gasteiger partial charge in [-0.25, -0.2) is 4.39 Å². The zero-order chi connectivity index (χ0) is 19.4. The normalized spacial score (nSPS) is 15.9. The minimum absolute atomic E-state index is 0.0728. The van der Waals surface area contributed by atoms with Gasteiger partial charge in [-0.3, -0.25) is 14.5 Å². The topological polar surface area (TPSA) is 46.6 Å². The summed E-state index contributed by atoms with van der Waals surface area (Å²) in [6.07, 6.45) is 1.67. The molecule has 0 aliphatic carbocycles. The molecule has 0 N–H and O–H groups in total. The van der Waals surface area contributed by atoms with Gasteiger partial charge in [0.2, 0.25) is 0 Å². The van der Waals surface area contributed by atoms with E-state index in [1.54, 1.807) is 24.3 Å². The maximum atomic E-state index is 13.8. The van der Waals surface area contributed by atoms with Gasteiger partial charge >= 0.3 is 0 Å². The molecule has 1 aliphatic rings. The average molecular weight is 385 g/mol. The Balaban J connectivity index is 1.71. The summed E-state index contributed by atoms with van der Waals surface area (Å²) < 4.78 is 19.4. The van der Waals surface area contributed by atoms with Crippen molar-refractivity contribution in [3.8, 4) is 5.75 Å². The van der Waals surface area contributed by atoms with Crippen molar-refractivity contribution in [1.29, 1.82) is 0 Å². The number of imide groups is 1. The molecule has 0 atom stereocenters. The summed E-state index contributed by atoms with van der Waals surface area (Å²) in [5.41, 5.74) is 1.11. The molecule has 4 nitrogen and oxygen atoms in total. The van der Waals surface area contributed by atoms with Crippen LogP contribution in [0.5, 0.6) is 5.75 Å². The molecule has 140 valence electrons. The third-order valence-electron chi connectivity index (χ3n) is 3.92. The number of nitrogens with zero attached hydrogens (tertiary/aromatic N) is 1. The Morgan fingerprint density at radius 2 is 1.81 bits per heavy atom. The van der Waals surface area contributed by atoms with Gasteiger partial charge in [0.15, 0.2) is 0 Å². The molecule has 1 aliphatic heterocycles. The number of rotatable bonds is 6. The maximum absolute atomic E-state index is 13.8. The molecule has 27 heavy (non-hydrogen) atoms. The van der Waals surface area contributed by atoms with Gasteiger partial charge in [0.1, 0.15) is 11.6 Å². The van der Waals surface area contributed by atoms with Crippen molar-refractivity contribution in [1.82, 2.24) is 4.90 Å². The van der Waals surface area contributed by atoms with Crippen LogP contribution in [0.25, 0.3) is 6.08 Å². The van der Waals surface area contributed by atoms with Crippen LogP contribution in [0.2, 0.25) is 0 Å². The van der Waals surface area contributed by atoms with Crippen LogP contribution in [-0.4, -0.2) is 22.7 Å². The third-order valence-corrected chi connectivity index (χ3v) is 4.83. The number of halogens is 1. The average Bonchev–Trinajstić information content (AvgIpc) is 2.90. The van der Waals surface area contributed by atoms with Crippen molar-refractivity contribution in [3.05, 3.63) is 70.4 Å². The zero-order valence-electron chi connectivity index (χ0n) is 15.1. The molecule has 1 saturated heterocycles. The summed E-state index contributed by atoms with van der Waals surface area (Å²) in [6, 6.07) is 13.5. The predicted molar refractivity (Wildman–Crippen MR) is 105 cm³/mol. The lowest BCUT2D eigenvalue weighted by Crippen LogP contribution is -2.27. The van der Waals surface area contributed by atoms with E-state index in [1.807, 2.05) is 24.3 Å². The molecule has 0 radical (unpaired) electrons. The van der Waals surface area contributed by atoms with Crippen LogP contribution in [0, 0.1) is 11.7 Å². The van der Waals surface area contributed by atoms with Crippen LogP contribution in [0.4, 0.5) is 9.18 Å². The van der Waals surface area contributed by atoms with Crippen LogP contribution in [0.15, 0.2) is 53.4 Å². The molecular formula is C21H20FNO3S. The summed E-state index contributed by atoms with van der Waals surface area (Å²) in [4.78, 5) is 26.1. The predicted octanol–water partition coefficient (Wildman–Crippen LogP) is 5.10. The fourth-order valence-electron chi connectivity index (χ4n) is 2.51. The van der Waals surface area contributed by atoms with Crippen molar-refractivity contribution in [2.45, 2.75) is 20.4 Å². The zero-order valence-corrected chi connectivity index (χ0v) is 16.0. The Morgan fingerprint density at radius 3 is 2.48 bits per heavy atom. The highest BCUT2D eigenvalue weighted by molar-refractivity contribution is 8.18.